The first kappa shape index (κ1) is 14.5. The van der Waals surface area contributed by atoms with Crippen molar-refractivity contribution < 1.29 is 9.53 Å². The fourth-order valence-electron chi connectivity index (χ4n) is 1.29. The second-order valence-electron chi connectivity index (χ2n) is 4.86. The third kappa shape index (κ3) is 4.76. The normalized spacial score (nSPS) is 10.8. The minimum atomic E-state index is -0.511. The van der Waals surface area contributed by atoms with E-state index in [0.717, 1.165) is 17.0 Å². The minimum absolute atomic E-state index is 0.486. The molecule has 0 atom stereocenters. The fraction of sp³-hybridized carbons (Fsp3) is 0.538. The maximum Gasteiger partial charge on any atom is 0.413 e. The van der Waals surface area contributed by atoms with E-state index >= 15 is 0 Å². The van der Waals surface area contributed by atoms with Crippen molar-refractivity contribution in [3.8, 4) is 12.3 Å². The number of terminal acetylenes is 1. The molecule has 0 fully saturated rings. The summed E-state index contributed by atoms with van der Waals surface area (Å²) in [6, 6.07) is 0. The lowest BCUT2D eigenvalue weighted by Gasteiger charge is -2.18. The number of aromatic nitrogens is 1. The smallest absolute Gasteiger partial charge is 0.413 e. The van der Waals surface area contributed by atoms with Gasteiger partial charge in [0.2, 0.25) is 0 Å². The highest BCUT2D eigenvalue weighted by Gasteiger charge is 2.17. The van der Waals surface area contributed by atoms with Crippen LogP contribution in [-0.2, 0) is 11.2 Å². The third-order valence-corrected chi connectivity index (χ3v) is 3.13. The first-order valence-corrected chi connectivity index (χ1v) is 6.53. The van der Waals surface area contributed by atoms with E-state index < -0.39 is 11.7 Å². The van der Waals surface area contributed by atoms with Crippen molar-refractivity contribution in [2.75, 3.05) is 5.32 Å². The maximum absolute atomic E-state index is 11.6. The van der Waals surface area contributed by atoms with Crippen molar-refractivity contribution in [3.05, 3.63) is 10.6 Å². The van der Waals surface area contributed by atoms with E-state index in [0.29, 0.717) is 11.6 Å². The van der Waals surface area contributed by atoms with Gasteiger partial charge in [0.05, 0.1) is 5.69 Å². The Morgan fingerprint density at radius 2 is 2.22 bits per heavy atom. The number of aryl methyl sites for hydroxylation is 2. The number of hydrogen-bond acceptors (Lipinski definition) is 4. The van der Waals surface area contributed by atoms with E-state index in [2.05, 4.69) is 16.2 Å². The van der Waals surface area contributed by atoms with Crippen LogP contribution in [0.3, 0.4) is 0 Å². The molecule has 0 radical (unpaired) electrons. The van der Waals surface area contributed by atoms with Crippen LogP contribution in [-0.4, -0.2) is 16.7 Å². The number of nitrogens with zero attached hydrogens (tertiary/aromatic N) is 1. The molecule has 1 aromatic rings. The molecule has 98 valence electrons. The third-order valence-electron chi connectivity index (χ3n) is 2.00. The molecule has 0 aromatic carbocycles. The van der Waals surface area contributed by atoms with Crippen LogP contribution in [0.1, 0.15) is 37.8 Å². The predicted molar refractivity (Wildman–Crippen MR) is 73.9 cm³/mol. The van der Waals surface area contributed by atoms with Crippen molar-refractivity contribution >= 4 is 22.6 Å². The maximum atomic E-state index is 11.6. The van der Waals surface area contributed by atoms with E-state index in [1.165, 1.54) is 11.3 Å². The Balaban J connectivity index is 2.63. The van der Waals surface area contributed by atoms with Crippen LogP contribution in [0.4, 0.5) is 9.93 Å². The Kier molecular flexibility index (Phi) is 4.74. The Labute approximate surface area is 112 Å². The van der Waals surface area contributed by atoms with Crippen molar-refractivity contribution in [1.29, 1.82) is 0 Å². The summed E-state index contributed by atoms with van der Waals surface area (Å²) in [4.78, 5) is 16.9. The van der Waals surface area contributed by atoms with Gasteiger partial charge in [-0.05, 0) is 34.1 Å². The average Bonchev–Trinajstić information content (AvgIpc) is 2.52. The van der Waals surface area contributed by atoms with Crippen LogP contribution < -0.4 is 5.32 Å². The minimum Gasteiger partial charge on any atom is -0.444 e. The van der Waals surface area contributed by atoms with Crippen LogP contribution in [0.2, 0.25) is 0 Å². The van der Waals surface area contributed by atoms with Gasteiger partial charge in [-0.1, -0.05) is 0 Å². The molecule has 5 heteroatoms. The van der Waals surface area contributed by atoms with Gasteiger partial charge >= 0.3 is 6.09 Å². The highest BCUT2D eigenvalue weighted by Crippen LogP contribution is 2.24. The zero-order valence-corrected chi connectivity index (χ0v) is 12.0. The van der Waals surface area contributed by atoms with Crippen LogP contribution >= 0.6 is 11.3 Å². The van der Waals surface area contributed by atoms with E-state index in [-0.39, 0.29) is 0 Å². The Morgan fingerprint density at radius 1 is 1.56 bits per heavy atom. The van der Waals surface area contributed by atoms with Crippen molar-refractivity contribution in [2.24, 2.45) is 0 Å². The Morgan fingerprint density at radius 3 is 2.78 bits per heavy atom. The highest BCUT2D eigenvalue weighted by atomic mass is 32.1. The summed E-state index contributed by atoms with van der Waals surface area (Å²) in [6.07, 6.45) is 6.20. The van der Waals surface area contributed by atoms with Crippen LogP contribution in [0, 0.1) is 19.3 Å². The zero-order chi connectivity index (χ0) is 13.8. The van der Waals surface area contributed by atoms with Crippen molar-refractivity contribution in [1.82, 2.24) is 4.98 Å². The van der Waals surface area contributed by atoms with Crippen LogP contribution in [0.25, 0.3) is 0 Å². The standard InChI is InChI=1S/C13H18N2O2S/c1-6-7-8-10-9(2)14-11(18-10)15-12(16)17-13(3,4)5/h1H,7-8H2,2-5H3,(H,14,15,16). The lowest BCUT2D eigenvalue weighted by atomic mass is 10.2. The second-order valence-corrected chi connectivity index (χ2v) is 5.94. The zero-order valence-electron chi connectivity index (χ0n) is 11.2. The van der Waals surface area contributed by atoms with Gasteiger partial charge in [0, 0.05) is 11.3 Å². The Hall–Kier alpha value is -1.54. The van der Waals surface area contributed by atoms with Gasteiger partial charge in [0.25, 0.3) is 0 Å². The molecule has 1 aromatic heterocycles. The van der Waals surface area contributed by atoms with Crippen molar-refractivity contribution in [2.45, 2.75) is 46.1 Å². The highest BCUT2D eigenvalue weighted by molar-refractivity contribution is 7.15. The predicted octanol–water partition coefficient (Wildman–Crippen LogP) is 3.36. The van der Waals surface area contributed by atoms with Gasteiger partial charge < -0.3 is 4.74 Å². The van der Waals surface area contributed by atoms with Crippen LogP contribution in [0.5, 0.6) is 0 Å². The first-order chi connectivity index (χ1) is 8.31. The molecule has 1 rings (SSSR count). The summed E-state index contributed by atoms with van der Waals surface area (Å²) in [5, 5.41) is 3.18. The summed E-state index contributed by atoms with van der Waals surface area (Å²) >= 11 is 1.44. The molecule has 1 amide bonds. The van der Waals surface area contributed by atoms with Crippen LogP contribution in [0.15, 0.2) is 0 Å². The number of anilines is 1. The number of ether oxygens (including phenoxy) is 1. The number of nitrogens with one attached hydrogen (secondary N) is 1. The van der Waals surface area contributed by atoms with Crippen molar-refractivity contribution in [3.63, 3.8) is 0 Å². The molecule has 0 aliphatic carbocycles. The fourth-order valence-corrected chi connectivity index (χ4v) is 2.24. The average molecular weight is 266 g/mol. The van der Waals surface area contributed by atoms with Gasteiger partial charge in [0.1, 0.15) is 5.60 Å². The molecule has 18 heavy (non-hydrogen) atoms. The van der Waals surface area contributed by atoms with Gasteiger partial charge in [-0.15, -0.1) is 23.7 Å². The molecule has 0 unspecified atom stereocenters. The van der Waals surface area contributed by atoms with Gasteiger partial charge in [0.15, 0.2) is 5.13 Å². The summed E-state index contributed by atoms with van der Waals surface area (Å²) in [5.74, 6) is 2.59. The molecular formula is C13H18N2O2S. The largest absolute Gasteiger partial charge is 0.444 e. The number of hydrogen-bond donors (Lipinski definition) is 1. The molecular weight excluding hydrogens is 248 g/mol. The lowest BCUT2D eigenvalue weighted by molar-refractivity contribution is 0.0636. The number of rotatable bonds is 3. The van der Waals surface area contributed by atoms with E-state index in [1.807, 2.05) is 27.7 Å². The number of carbonyl (C=O) groups excluding carboxylic acids is 1. The van der Waals surface area contributed by atoms with Gasteiger partial charge in [-0.3, -0.25) is 5.32 Å². The molecule has 1 N–H and O–H groups in total. The Bertz CT molecular complexity index is 466. The topological polar surface area (TPSA) is 51.2 Å². The molecule has 1 heterocycles. The van der Waals surface area contributed by atoms with E-state index in [9.17, 15) is 4.79 Å². The number of amides is 1. The van der Waals surface area contributed by atoms with E-state index in [4.69, 9.17) is 11.2 Å². The summed E-state index contributed by atoms with van der Waals surface area (Å²) in [6.45, 7) is 7.36. The lowest BCUT2D eigenvalue weighted by Crippen LogP contribution is -2.27. The first-order valence-electron chi connectivity index (χ1n) is 5.71. The summed E-state index contributed by atoms with van der Waals surface area (Å²) in [7, 11) is 0. The monoisotopic (exact) mass is 266 g/mol. The molecule has 0 bridgehead atoms. The molecule has 0 saturated heterocycles. The number of thiazole rings is 1. The van der Waals surface area contributed by atoms with Gasteiger partial charge in [-0.2, -0.15) is 0 Å². The summed E-state index contributed by atoms with van der Waals surface area (Å²) in [5.41, 5.74) is 0.393. The summed E-state index contributed by atoms with van der Waals surface area (Å²) < 4.78 is 5.16. The van der Waals surface area contributed by atoms with E-state index in [1.54, 1.807) is 0 Å². The SMILES string of the molecule is C#CCCc1sc(NC(=O)OC(C)(C)C)nc1C. The molecule has 0 spiro atoms. The number of carbonyl (C=O) groups is 1. The molecule has 4 nitrogen and oxygen atoms in total. The van der Waals surface area contributed by atoms with Gasteiger partial charge in [-0.25, -0.2) is 9.78 Å². The molecule has 0 aliphatic heterocycles. The molecule has 0 saturated carbocycles. The quantitative estimate of drug-likeness (QED) is 0.853. The molecule has 0 aliphatic rings. The second kappa shape index (κ2) is 5.87.